The first kappa shape index (κ1) is 25.3. The van der Waals surface area contributed by atoms with E-state index in [1.807, 2.05) is 24.3 Å². The Morgan fingerprint density at radius 1 is 0.310 bits per heavy atom. The Hall–Kier alpha value is -4.44. The number of rotatable bonds is 5. The summed E-state index contributed by atoms with van der Waals surface area (Å²) in [6.07, 6.45) is 0. The molecule has 0 spiro atoms. The van der Waals surface area contributed by atoms with E-state index >= 15 is 0 Å². The van der Waals surface area contributed by atoms with Gasteiger partial charge >= 0.3 is 255 Å². The quantitative estimate of drug-likeness (QED) is 0.197. The number of pyridine rings is 4. The Morgan fingerprint density at radius 3 is 1.17 bits per heavy atom. The van der Waals surface area contributed by atoms with E-state index in [1.54, 1.807) is 0 Å². The first-order valence-corrected chi connectivity index (χ1v) is 19.7. The van der Waals surface area contributed by atoms with Crippen molar-refractivity contribution >= 4 is 78.8 Å². The van der Waals surface area contributed by atoms with Crippen molar-refractivity contribution in [1.82, 2.24) is 19.9 Å². The van der Waals surface area contributed by atoms with Crippen LogP contribution in [-0.2, 0) is 0 Å². The van der Waals surface area contributed by atoms with Crippen molar-refractivity contribution in [1.29, 1.82) is 0 Å². The third kappa shape index (κ3) is 4.75. The van der Waals surface area contributed by atoms with Gasteiger partial charge in [-0.05, 0) is 0 Å². The van der Waals surface area contributed by atoms with E-state index in [-0.39, 0.29) is 26.3 Å². The van der Waals surface area contributed by atoms with Crippen molar-refractivity contribution in [3.8, 4) is 22.8 Å². The normalized spacial score (nSPS) is 11.5. The van der Waals surface area contributed by atoms with Gasteiger partial charge in [0, 0.05) is 0 Å². The zero-order chi connectivity index (χ0) is 27.9. The molecule has 42 heavy (non-hydrogen) atoms. The molecule has 6 heteroatoms. The van der Waals surface area contributed by atoms with Crippen LogP contribution in [0.25, 0.3) is 66.4 Å². The van der Waals surface area contributed by atoms with E-state index in [4.69, 9.17) is 19.9 Å². The number of fused-ring (bicyclic) bond motifs is 4. The molecule has 0 aliphatic heterocycles. The molecule has 198 valence electrons. The van der Waals surface area contributed by atoms with Crippen LogP contribution in [0.15, 0.2) is 133 Å². The molecule has 8 rings (SSSR count). The molecule has 0 saturated heterocycles. The molecule has 0 saturated carbocycles. The van der Waals surface area contributed by atoms with Crippen molar-refractivity contribution in [2.75, 3.05) is 0 Å². The molecule has 0 amide bonds. The average molecular weight is 669 g/mol. The molecule has 4 nitrogen and oxygen atoms in total. The van der Waals surface area contributed by atoms with Gasteiger partial charge in [-0.2, -0.15) is 0 Å². The predicted octanol–water partition coefficient (Wildman–Crippen LogP) is 6.49. The molecule has 4 aromatic heterocycles. The van der Waals surface area contributed by atoms with E-state index in [1.165, 1.54) is 8.92 Å². The van der Waals surface area contributed by atoms with Crippen molar-refractivity contribution in [3.05, 3.63) is 133 Å². The van der Waals surface area contributed by atoms with Crippen molar-refractivity contribution in [2.24, 2.45) is 0 Å². The molecule has 0 bridgehead atoms. The number of hydrogen-bond acceptors (Lipinski definition) is 4. The zero-order valence-corrected chi connectivity index (χ0v) is 25.7. The van der Waals surface area contributed by atoms with Gasteiger partial charge in [-0.15, -0.1) is 0 Å². The summed E-state index contributed by atoms with van der Waals surface area (Å²) in [5.74, 6) is 0. The summed E-state index contributed by atoms with van der Waals surface area (Å²) in [7, 11) is 0. The predicted molar refractivity (Wildman–Crippen MR) is 176 cm³/mol. The van der Waals surface area contributed by atoms with Gasteiger partial charge in [0.25, 0.3) is 0 Å². The van der Waals surface area contributed by atoms with Crippen LogP contribution in [0.2, 0.25) is 0 Å². The fourth-order valence-corrected chi connectivity index (χ4v) is 12.0. The number of para-hydroxylation sites is 4. The monoisotopic (exact) mass is 670 g/mol. The van der Waals surface area contributed by atoms with Crippen LogP contribution in [0.5, 0.6) is 0 Å². The van der Waals surface area contributed by atoms with Crippen molar-refractivity contribution < 1.29 is 0 Å². The fraction of sp³-hybridized carbons (Fsp3) is 0. The summed E-state index contributed by atoms with van der Waals surface area (Å²) < 4.78 is 2.62. The third-order valence-corrected chi connectivity index (χ3v) is 14.4. The molecule has 4 heterocycles. The molecule has 0 aliphatic rings. The summed E-state index contributed by atoms with van der Waals surface area (Å²) in [5, 5.41) is 4.60. The maximum atomic E-state index is 5.14. The van der Waals surface area contributed by atoms with Gasteiger partial charge in [-0.3, -0.25) is 0 Å². The fourth-order valence-electron chi connectivity index (χ4n) is 5.17. The Bertz CT molecular complexity index is 2120. The summed E-state index contributed by atoms with van der Waals surface area (Å²) in [4.78, 5) is 20.1. The number of nitrogens with zero attached hydrogens (tertiary/aromatic N) is 4. The van der Waals surface area contributed by atoms with Crippen LogP contribution in [0.1, 0.15) is 0 Å². The Kier molecular flexibility index (Phi) is 6.47. The topological polar surface area (TPSA) is 51.6 Å². The molecule has 0 radical (unpaired) electrons. The third-order valence-electron chi connectivity index (χ3n) is 7.31. The minimum absolute atomic E-state index is 0.224. The van der Waals surface area contributed by atoms with Gasteiger partial charge in [-0.25, -0.2) is 0 Å². The summed E-state index contributed by atoms with van der Waals surface area (Å²) in [6, 6.07) is 46.4. The Labute approximate surface area is 253 Å². The van der Waals surface area contributed by atoms with E-state index in [0.717, 1.165) is 66.4 Å². The minimum atomic E-state index is 0.224. The summed E-state index contributed by atoms with van der Waals surface area (Å²) in [5.41, 5.74) is 7.72. The zero-order valence-electron chi connectivity index (χ0n) is 22.3. The van der Waals surface area contributed by atoms with Gasteiger partial charge in [0.05, 0.1) is 0 Å². The summed E-state index contributed by atoms with van der Waals surface area (Å²) in [6.45, 7) is 0. The van der Waals surface area contributed by atoms with Crippen LogP contribution in [0, 0.1) is 0 Å². The molecule has 0 atom stereocenters. The van der Waals surface area contributed by atoms with E-state index in [9.17, 15) is 0 Å². The van der Waals surface area contributed by atoms with Crippen molar-refractivity contribution in [2.45, 2.75) is 0 Å². The van der Waals surface area contributed by atoms with Crippen LogP contribution in [0.3, 0.4) is 0 Å². The van der Waals surface area contributed by atoms with E-state index in [0.29, 0.717) is 0 Å². The van der Waals surface area contributed by atoms with Gasteiger partial charge in [0.15, 0.2) is 0 Å². The Morgan fingerprint density at radius 2 is 0.690 bits per heavy atom. The van der Waals surface area contributed by atoms with E-state index in [2.05, 4.69) is 109 Å². The second kappa shape index (κ2) is 10.8. The van der Waals surface area contributed by atoms with Gasteiger partial charge < -0.3 is 0 Å². The molecule has 0 unspecified atom stereocenters. The second-order valence-electron chi connectivity index (χ2n) is 9.99. The van der Waals surface area contributed by atoms with Crippen molar-refractivity contribution in [3.63, 3.8) is 0 Å². The van der Waals surface area contributed by atoms with Gasteiger partial charge in [-0.1, -0.05) is 0 Å². The molecular weight excluding hydrogens is 646 g/mol. The number of benzene rings is 4. The first-order valence-electron chi connectivity index (χ1n) is 13.6. The first-order chi connectivity index (χ1) is 20.8. The maximum absolute atomic E-state index is 5.14. The second-order valence-corrected chi connectivity index (χ2v) is 16.2. The Balaban J connectivity index is 1.14. The summed E-state index contributed by atoms with van der Waals surface area (Å²) >= 11 is 0.449. The number of hydrogen-bond donors (Lipinski definition) is 0. The standard InChI is InChI=1S/C36H22N4Se2/c1-3-11-27-23(7-1)15-19-29(37-27)31-21-17-25-9-5-13-33(35(25)39-31)41-42-34-14-6-10-26-18-22-32(40-36(26)34)30-20-16-24-8-2-4-12-28(24)38-30/h1-22H. The molecule has 0 aliphatic carbocycles. The SMILES string of the molecule is c1ccc2nc(-c3ccc4cccc([Se][Se]c5cccc6ccc(-c7ccc8ccccc8n7)nc56)c4n3)ccc2c1. The van der Waals surface area contributed by atoms with Crippen LogP contribution in [0.4, 0.5) is 0 Å². The van der Waals surface area contributed by atoms with Crippen LogP contribution < -0.4 is 8.92 Å². The molecule has 0 fully saturated rings. The van der Waals surface area contributed by atoms with Gasteiger partial charge in [0.2, 0.25) is 0 Å². The number of aromatic nitrogens is 4. The molecular formula is C36H22N4Se2. The van der Waals surface area contributed by atoms with E-state index < -0.39 is 0 Å². The molecule has 0 N–H and O–H groups in total. The van der Waals surface area contributed by atoms with Crippen LogP contribution in [-0.4, -0.2) is 46.2 Å². The average Bonchev–Trinajstić information content (AvgIpc) is 3.06. The molecule has 4 aromatic carbocycles. The van der Waals surface area contributed by atoms with Gasteiger partial charge in [0.1, 0.15) is 0 Å². The molecule has 8 aromatic rings. The van der Waals surface area contributed by atoms with Crippen LogP contribution >= 0.6 is 0 Å².